The van der Waals surface area contributed by atoms with Gasteiger partial charge in [-0.2, -0.15) is 13.2 Å². The van der Waals surface area contributed by atoms with Gasteiger partial charge in [-0.3, -0.25) is 25.3 Å². The molecule has 1 aliphatic rings. The summed E-state index contributed by atoms with van der Waals surface area (Å²) in [5.74, 6) is -4.45. The molecule has 0 bridgehead atoms. The third kappa shape index (κ3) is 6.68. The fourth-order valence-electron chi connectivity index (χ4n) is 3.20. The molecule has 2 N–H and O–H groups in total. The number of carbonyl (C=O) groups is 3. The fraction of sp³-hybridized carbons (Fsp3) is 0.286. The minimum absolute atomic E-state index is 0.0392. The van der Waals surface area contributed by atoms with Crippen molar-refractivity contribution in [3.63, 3.8) is 0 Å². The fourth-order valence-corrected chi connectivity index (χ4v) is 4.40. The van der Waals surface area contributed by atoms with Crippen LogP contribution < -0.4 is 15.8 Å². The van der Waals surface area contributed by atoms with E-state index >= 15 is 0 Å². The second kappa shape index (κ2) is 10.3. The normalized spacial score (nSPS) is 15.3. The molecule has 1 fully saturated rings. The van der Waals surface area contributed by atoms with Gasteiger partial charge in [0.2, 0.25) is 0 Å². The van der Waals surface area contributed by atoms with Crippen LogP contribution >= 0.6 is 0 Å². The van der Waals surface area contributed by atoms with Crippen LogP contribution in [0, 0.1) is 5.82 Å². The van der Waals surface area contributed by atoms with Gasteiger partial charge in [0.1, 0.15) is 5.82 Å². The van der Waals surface area contributed by atoms with Crippen LogP contribution in [0.1, 0.15) is 15.9 Å². The summed E-state index contributed by atoms with van der Waals surface area (Å²) in [5.41, 5.74) is 3.21. The Morgan fingerprint density at radius 3 is 2.11 bits per heavy atom. The van der Waals surface area contributed by atoms with Crippen molar-refractivity contribution in [2.75, 3.05) is 29.5 Å². The summed E-state index contributed by atoms with van der Waals surface area (Å²) in [7, 11) is -3.25. The Morgan fingerprint density at radius 1 is 0.943 bits per heavy atom. The predicted octanol–water partition coefficient (Wildman–Crippen LogP) is 2.01. The Hall–Kier alpha value is -3.68. The third-order valence-electron chi connectivity index (χ3n) is 5.09. The van der Waals surface area contributed by atoms with E-state index in [-0.39, 0.29) is 42.4 Å². The first-order valence-corrected chi connectivity index (χ1v) is 12.0. The van der Waals surface area contributed by atoms with E-state index < -0.39 is 39.7 Å². The van der Waals surface area contributed by atoms with Crippen LogP contribution in [-0.2, 0) is 21.2 Å². The smallest absolute Gasteiger partial charge is 0.322 e. The molecule has 0 aromatic heterocycles. The van der Waals surface area contributed by atoms with E-state index in [9.17, 15) is 40.4 Å². The average molecular weight is 516 g/mol. The molecular weight excluding hydrogens is 496 g/mol. The Labute approximate surface area is 197 Å². The van der Waals surface area contributed by atoms with Gasteiger partial charge in [-0.15, -0.1) is 0 Å². The third-order valence-corrected chi connectivity index (χ3v) is 6.70. The summed E-state index contributed by atoms with van der Waals surface area (Å²) in [6, 6.07) is 10.2. The van der Waals surface area contributed by atoms with E-state index in [1.807, 2.05) is 0 Å². The van der Waals surface area contributed by atoms with Crippen molar-refractivity contribution in [1.82, 2.24) is 15.8 Å². The second-order valence-corrected chi connectivity index (χ2v) is 9.87. The number of halogens is 4. The molecule has 0 radical (unpaired) electrons. The number of sulfone groups is 1. The molecule has 1 saturated heterocycles. The Morgan fingerprint density at radius 2 is 1.54 bits per heavy atom. The monoisotopic (exact) mass is 516 g/mol. The highest BCUT2D eigenvalue weighted by atomic mass is 32.2. The minimum Gasteiger partial charge on any atom is -0.322 e. The van der Waals surface area contributed by atoms with Gasteiger partial charge in [0.25, 0.3) is 5.91 Å². The number of para-hydroxylation sites is 1. The molecule has 188 valence electrons. The summed E-state index contributed by atoms with van der Waals surface area (Å²) in [4.78, 5) is 38.4. The molecule has 1 heterocycles. The lowest BCUT2D eigenvalue weighted by atomic mass is 10.1. The van der Waals surface area contributed by atoms with E-state index in [0.29, 0.717) is 5.56 Å². The van der Waals surface area contributed by atoms with Gasteiger partial charge < -0.3 is 4.90 Å². The highest BCUT2D eigenvalue weighted by Gasteiger charge is 2.39. The molecular formula is C21H20F4N4O5S. The molecule has 2 aromatic rings. The van der Waals surface area contributed by atoms with E-state index in [1.165, 1.54) is 58.9 Å². The van der Waals surface area contributed by atoms with Crippen LogP contribution in [0.4, 0.5) is 28.0 Å². The number of hydrogen-bond acceptors (Lipinski definition) is 5. The first-order valence-electron chi connectivity index (χ1n) is 10.2. The van der Waals surface area contributed by atoms with E-state index in [4.69, 9.17) is 0 Å². The Balaban J connectivity index is 1.75. The number of nitrogens with one attached hydrogen (secondary N) is 2. The largest absolute Gasteiger partial charge is 0.472 e. The summed E-state index contributed by atoms with van der Waals surface area (Å²) < 4.78 is 74.6. The SMILES string of the molecule is O=C(NNC(=O)C(F)(F)F)c1ccc(CN(C(=O)N2CCS(=O)(=O)CC2)c2ccccc2F)cc1. The number of benzene rings is 2. The van der Waals surface area contributed by atoms with Gasteiger partial charge in [0, 0.05) is 18.7 Å². The minimum atomic E-state index is -5.17. The van der Waals surface area contributed by atoms with E-state index in [0.717, 1.165) is 4.90 Å². The van der Waals surface area contributed by atoms with E-state index in [1.54, 1.807) is 5.43 Å². The Kier molecular flexibility index (Phi) is 7.63. The van der Waals surface area contributed by atoms with Crippen molar-refractivity contribution in [3.8, 4) is 0 Å². The van der Waals surface area contributed by atoms with Gasteiger partial charge in [-0.1, -0.05) is 24.3 Å². The number of carbonyl (C=O) groups excluding carboxylic acids is 3. The molecule has 0 unspecified atom stereocenters. The molecule has 0 atom stereocenters. The molecule has 14 heteroatoms. The number of urea groups is 1. The van der Waals surface area contributed by atoms with E-state index in [2.05, 4.69) is 0 Å². The van der Waals surface area contributed by atoms with Gasteiger partial charge in [-0.05, 0) is 29.8 Å². The van der Waals surface area contributed by atoms with Crippen LogP contribution in [0.5, 0.6) is 0 Å². The highest BCUT2D eigenvalue weighted by Crippen LogP contribution is 2.24. The van der Waals surface area contributed by atoms with Crippen molar-refractivity contribution < 1.29 is 40.4 Å². The maximum atomic E-state index is 14.5. The number of nitrogens with zero attached hydrogens (tertiary/aromatic N) is 2. The number of amides is 4. The van der Waals surface area contributed by atoms with Crippen molar-refractivity contribution in [1.29, 1.82) is 0 Å². The lowest BCUT2D eigenvalue weighted by molar-refractivity contribution is -0.174. The van der Waals surface area contributed by atoms with Crippen molar-refractivity contribution >= 4 is 33.4 Å². The second-order valence-electron chi connectivity index (χ2n) is 7.56. The maximum Gasteiger partial charge on any atom is 0.472 e. The van der Waals surface area contributed by atoms with Crippen LogP contribution in [0.25, 0.3) is 0 Å². The van der Waals surface area contributed by atoms with Gasteiger partial charge in [-0.25, -0.2) is 17.6 Å². The predicted molar refractivity (Wildman–Crippen MR) is 116 cm³/mol. The average Bonchev–Trinajstić information content (AvgIpc) is 2.80. The molecule has 0 aliphatic carbocycles. The molecule has 2 aromatic carbocycles. The number of anilines is 1. The van der Waals surface area contributed by atoms with Crippen LogP contribution in [0.2, 0.25) is 0 Å². The maximum absolute atomic E-state index is 14.5. The summed E-state index contributed by atoms with van der Waals surface area (Å²) in [5, 5.41) is 0. The zero-order chi connectivity index (χ0) is 25.8. The standard InChI is InChI=1S/C21H20F4N4O5S/c22-16-3-1-2-4-17(16)29(20(32)28-9-11-35(33,34)12-10-28)13-14-5-7-15(8-6-14)18(30)26-27-19(31)21(23,24)25/h1-8H,9-13H2,(H,26,30)(H,27,31). The number of hydrazine groups is 1. The first kappa shape index (κ1) is 25.9. The van der Waals surface area contributed by atoms with Crippen molar-refractivity contribution in [2.45, 2.75) is 12.7 Å². The van der Waals surface area contributed by atoms with Gasteiger partial charge in [0.15, 0.2) is 9.84 Å². The molecule has 0 spiro atoms. The molecule has 3 rings (SSSR count). The molecule has 35 heavy (non-hydrogen) atoms. The highest BCUT2D eigenvalue weighted by molar-refractivity contribution is 7.91. The van der Waals surface area contributed by atoms with Crippen LogP contribution in [0.3, 0.4) is 0 Å². The lowest BCUT2D eigenvalue weighted by Gasteiger charge is -2.33. The Bertz CT molecular complexity index is 1200. The van der Waals surface area contributed by atoms with Crippen molar-refractivity contribution in [3.05, 3.63) is 65.5 Å². The lowest BCUT2D eigenvalue weighted by Crippen LogP contribution is -2.50. The number of rotatable bonds is 4. The topological polar surface area (TPSA) is 116 Å². The molecule has 0 saturated carbocycles. The summed E-state index contributed by atoms with van der Waals surface area (Å²) in [6.07, 6.45) is -5.17. The van der Waals surface area contributed by atoms with Gasteiger partial charge in [0.05, 0.1) is 23.7 Å². The van der Waals surface area contributed by atoms with Gasteiger partial charge >= 0.3 is 18.1 Å². The van der Waals surface area contributed by atoms with Crippen LogP contribution in [0.15, 0.2) is 48.5 Å². The zero-order valence-corrected chi connectivity index (χ0v) is 18.8. The molecule has 1 aliphatic heterocycles. The van der Waals surface area contributed by atoms with Crippen LogP contribution in [-0.4, -0.2) is 61.9 Å². The number of hydrogen-bond donors (Lipinski definition) is 2. The quantitative estimate of drug-likeness (QED) is 0.477. The molecule has 9 nitrogen and oxygen atoms in total. The first-order chi connectivity index (χ1) is 16.4. The van der Waals surface area contributed by atoms with Crippen molar-refractivity contribution in [2.24, 2.45) is 0 Å². The zero-order valence-electron chi connectivity index (χ0n) is 18.0. The summed E-state index contributed by atoms with van der Waals surface area (Å²) in [6.45, 7) is -0.237. The molecule has 4 amide bonds. The summed E-state index contributed by atoms with van der Waals surface area (Å²) >= 11 is 0. The number of alkyl halides is 3.